The number of carbonyl (C=O) groups excluding carboxylic acids is 1. The molecule has 0 radical (unpaired) electrons. The largest absolute Gasteiger partial charge is 0.441 e. The van der Waals surface area contributed by atoms with Gasteiger partial charge in [0, 0.05) is 12.1 Å². The van der Waals surface area contributed by atoms with Gasteiger partial charge in [-0.3, -0.25) is 20.0 Å². The smallest absolute Gasteiger partial charge is 0.409 e. The molecule has 0 fully saturated rings. The molecule has 0 aliphatic carbocycles. The fourth-order valence-corrected chi connectivity index (χ4v) is 1.97. The first kappa shape index (κ1) is 13.6. The van der Waals surface area contributed by atoms with Crippen LogP contribution in [-0.4, -0.2) is 20.8 Å². The monoisotopic (exact) mass is 299 g/mol. The first-order valence-corrected chi connectivity index (χ1v) is 6.22. The summed E-state index contributed by atoms with van der Waals surface area (Å²) in [6.07, 6.45) is -0.921. The van der Waals surface area contributed by atoms with Gasteiger partial charge in [-0.05, 0) is 24.3 Å². The quantitative estimate of drug-likeness (QED) is 0.577. The molecule has 1 N–H and O–H groups in total. The number of fused-ring (bicyclic) bond motifs is 1. The summed E-state index contributed by atoms with van der Waals surface area (Å²) in [5.41, 5.74) is -0.141. The fraction of sp³-hybridized carbons (Fsp3) is 0. The molecule has 0 aliphatic rings. The third kappa shape index (κ3) is 2.33. The van der Waals surface area contributed by atoms with Crippen LogP contribution in [0.5, 0.6) is 5.75 Å². The predicted molar refractivity (Wildman–Crippen MR) is 77.1 cm³/mol. The molecule has 0 bridgehead atoms. The van der Waals surface area contributed by atoms with Gasteiger partial charge in [0.1, 0.15) is 5.75 Å². The minimum Gasteiger partial charge on any atom is -0.409 e. The average Bonchev–Trinajstić information content (AvgIpc) is 2.85. The van der Waals surface area contributed by atoms with E-state index in [0.29, 0.717) is 10.9 Å². The molecular weight excluding hydrogens is 290 g/mol. The molecule has 0 saturated heterocycles. The summed E-state index contributed by atoms with van der Waals surface area (Å²) in [6.45, 7) is 0. The molecule has 0 amide bonds. The van der Waals surface area contributed by atoms with E-state index < -0.39 is 16.6 Å². The Bertz CT molecular complexity index is 924. The first-order valence-electron chi connectivity index (χ1n) is 6.22. The molecule has 0 saturated carbocycles. The second kappa shape index (κ2) is 5.17. The average molecular weight is 299 g/mol. The highest BCUT2D eigenvalue weighted by Gasteiger charge is 2.15. The standard InChI is InChI=1S/C14H9N3O5/c18-13-11-3-1-2-4-12(11)15-16(13)14(19)22-10-7-5-9(6-8-10)17(20)21/h1-8,15H. The molecule has 2 aromatic carbocycles. The van der Waals surface area contributed by atoms with Crippen LogP contribution in [0.3, 0.4) is 0 Å². The summed E-state index contributed by atoms with van der Waals surface area (Å²) in [4.78, 5) is 34.0. The molecule has 0 spiro atoms. The third-order valence-electron chi connectivity index (χ3n) is 3.03. The topological polar surface area (TPSA) is 107 Å². The van der Waals surface area contributed by atoms with E-state index in [-0.39, 0.29) is 11.4 Å². The van der Waals surface area contributed by atoms with Crippen LogP contribution < -0.4 is 10.3 Å². The molecule has 8 nitrogen and oxygen atoms in total. The van der Waals surface area contributed by atoms with Crippen LogP contribution in [0.15, 0.2) is 53.3 Å². The Morgan fingerprint density at radius 3 is 2.45 bits per heavy atom. The van der Waals surface area contributed by atoms with Crippen molar-refractivity contribution in [1.82, 2.24) is 9.78 Å². The number of ether oxygens (including phenoxy) is 1. The number of H-pyrrole nitrogens is 1. The third-order valence-corrected chi connectivity index (χ3v) is 3.03. The van der Waals surface area contributed by atoms with Crippen molar-refractivity contribution in [2.24, 2.45) is 0 Å². The summed E-state index contributed by atoms with van der Waals surface area (Å²) < 4.78 is 5.76. The summed E-state index contributed by atoms with van der Waals surface area (Å²) in [5.74, 6) is 0.0983. The van der Waals surface area contributed by atoms with Crippen LogP contribution in [-0.2, 0) is 0 Å². The van der Waals surface area contributed by atoms with Crippen LogP contribution in [0.2, 0.25) is 0 Å². The summed E-state index contributed by atoms with van der Waals surface area (Å²) in [7, 11) is 0. The van der Waals surface area contributed by atoms with Crippen LogP contribution in [0.4, 0.5) is 10.5 Å². The maximum absolute atomic E-state index is 12.0. The van der Waals surface area contributed by atoms with Crippen molar-refractivity contribution >= 4 is 22.7 Å². The number of para-hydroxylation sites is 1. The van der Waals surface area contributed by atoms with Gasteiger partial charge in [-0.1, -0.05) is 12.1 Å². The number of aromatic nitrogens is 2. The Hall–Kier alpha value is -3.42. The maximum atomic E-state index is 12.0. The van der Waals surface area contributed by atoms with E-state index in [1.54, 1.807) is 24.3 Å². The summed E-state index contributed by atoms with van der Waals surface area (Å²) in [5, 5.41) is 13.5. The van der Waals surface area contributed by atoms with Crippen molar-refractivity contribution < 1.29 is 14.5 Å². The Morgan fingerprint density at radius 2 is 1.82 bits per heavy atom. The fourth-order valence-electron chi connectivity index (χ4n) is 1.97. The molecule has 3 aromatic rings. The number of hydrogen-bond donors (Lipinski definition) is 1. The number of nitrogens with one attached hydrogen (secondary N) is 1. The number of aromatic amines is 1. The lowest BCUT2D eigenvalue weighted by Crippen LogP contribution is -2.27. The molecule has 110 valence electrons. The van der Waals surface area contributed by atoms with Crippen molar-refractivity contribution in [2.45, 2.75) is 0 Å². The lowest BCUT2D eigenvalue weighted by Gasteiger charge is -2.03. The zero-order valence-corrected chi connectivity index (χ0v) is 11.1. The number of hydrogen-bond acceptors (Lipinski definition) is 5. The molecule has 0 atom stereocenters. The van der Waals surface area contributed by atoms with Gasteiger partial charge in [0.05, 0.1) is 15.8 Å². The van der Waals surface area contributed by atoms with Gasteiger partial charge in [-0.15, -0.1) is 4.68 Å². The van der Waals surface area contributed by atoms with E-state index in [1.165, 1.54) is 24.3 Å². The van der Waals surface area contributed by atoms with Crippen LogP contribution in [0.25, 0.3) is 10.9 Å². The van der Waals surface area contributed by atoms with Crippen LogP contribution in [0.1, 0.15) is 0 Å². The highest BCUT2D eigenvalue weighted by Crippen LogP contribution is 2.17. The van der Waals surface area contributed by atoms with E-state index in [9.17, 15) is 19.7 Å². The van der Waals surface area contributed by atoms with E-state index in [2.05, 4.69) is 5.10 Å². The van der Waals surface area contributed by atoms with Crippen molar-refractivity contribution in [1.29, 1.82) is 0 Å². The summed E-state index contributed by atoms with van der Waals surface area (Å²) >= 11 is 0. The normalized spacial score (nSPS) is 10.5. The van der Waals surface area contributed by atoms with Crippen LogP contribution >= 0.6 is 0 Å². The predicted octanol–water partition coefficient (Wildman–Crippen LogP) is 2.28. The SMILES string of the molecule is O=C(Oc1ccc([N+](=O)[O-])cc1)n1[nH]c2ccccc2c1=O. The lowest BCUT2D eigenvalue weighted by atomic mass is 10.3. The van der Waals surface area contributed by atoms with Crippen molar-refractivity contribution in [3.05, 3.63) is 69.0 Å². The van der Waals surface area contributed by atoms with Gasteiger partial charge in [-0.2, -0.15) is 0 Å². The first-order chi connectivity index (χ1) is 10.6. The molecular formula is C14H9N3O5. The zero-order valence-electron chi connectivity index (χ0n) is 11.1. The highest BCUT2D eigenvalue weighted by molar-refractivity contribution is 5.82. The zero-order chi connectivity index (χ0) is 15.7. The van der Waals surface area contributed by atoms with Crippen molar-refractivity contribution in [3.63, 3.8) is 0 Å². The Labute approximate surface area is 122 Å². The molecule has 22 heavy (non-hydrogen) atoms. The van der Waals surface area contributed by atoms with Gasteiger partial charge >= 0.3 is 6.09 Å². The number of nitrogens with zero attached hydrogens (tertiary/aromatic N) is 2. The molecule has 1 aromatic heterocycles. The van der Waals surface area contributed by atoms with Gasteiger partial charge in [0.2, 0.25) is 0 Å². The number of benzene rings is 2. The van der Waals surface area contributed by atoms with Gasteiger partial charge in [0.15, 0.2) is 0 Å². The maximum Gasteiger partial charge on any atom is 0.441 e. The minimum absolute atomic E-state index is 0.0983. The van der Waals surface area contributed by atoms with Crippen LogP contribution in [0, 0.1) is 10.1 Å². The van der Waals surface area contributed by atoms with Gasteiger partial charge < -0.3 is 4.74 Å². The molecule has 3 rings (SSSR count). The number of rotatable bonds is 2. The number of nitro benzene ring substituents is 1. The molecule has 1 heterocycles. The molecule has 0 unspecified atom stereocenters. The Kier molecular flexibility index (Phi) is 3.18. The van der Waals surface area contributed by atoms with Gasteiger partial charge in [-0.25, -0.2) is 4.79 Å². The second-order valence-electron chi connectivity index (χ2n) is 4.42. The Balaban J connectivity index is 1.88. The van der Waals surface area contributed by atoms with E-state index in [4.69, 9.17) is 4.74 Å². The minimum atomic E-state index is -0.921. The Morgan fingerprint density at radius 1 is 1.14 bits per heavy atom. The van der Waals surface area contributed by atoms with E-state index in [1.807, 2.05) is 0 Å². The van der Waals surface area contributed by atoms with Gasteiger partial charge in [0.25, 0.3) is 11.2 Å². The summed E-state index contributed by atoms with van der Waals surface area (Å²) in [6, 6.07) is 11.6. The van der Waals surface area contributed by atoms with E-state index >= 15 is 0 Å². The highest BCUT2D eigenvalue weighted by atomic mass is 16.6. The lowest BCUT2D eigenvalue weighted by molar-refractivity contribution is -0.384. The number of nitro groups is 1. The molecule has 0 aliphatic heterocycles. The second-order valence-corrected chi connectivity index (χ2v) is 4.42. The number of non-ortho nitro benzene ring substituents is 1. The van der Waals surface area contributed by atoms with Crippen molar-refractivity contribution in [3.8, 4) is 5.75 Å². The van der Waals surface area contributed by atoms with E-state index in [0.717, 1.165) is 4.68 Å². The number of carbonyl (C=O) groups is 1. The molecule has 8 heteroatoms. The van der Waals surface area contributed by atoms with Crippen molar-refractivity contribution in [2.75, 3.05) is 0 Å².